The first kappa shape index (κ1) is 20.6. The van der Waals surface area contributed by atoms with Crippen LogP contribution in [0.25, 0.3) is 0 Å². The van der Waals surface area contributed by atoms with Gasteiger partial charge in [-0.3, -0.25) is 34.4 Å². The number of amides is 4. The van der Waals surface area contributed by atoms with Crippen molar-refractivity contribution in [2.75, 3.05) is 6.54 Å². The first-order valence-electron chi connectivity index (χ1n) is 9.97. The second-order valence-corrected chi connectivity index (χ2v) is 7.64. The zero-order valence-electron chi connectivity index (χ0n) is 16.8. The molecule has 1 aromatic rings. The van der Waals surface area contributed by atoms with E-state index in [-0.39, 0.29) is 36.8 Å². The molecule has 0 radical (unpaired) electrons. The van der Waals surface area contributed by atoms with Gasteiger partial charge in [0.1, 0.15) is 17.7 Å². The van der Waals surface area contributed by atoms with Gasteiger partial charge in [0.25, 0.3) is 5.91 Å². The number of piperidine rings is 1. The summed E-state index contributed by atoms with van der Waals surface area (Å²) in [6.45, 7) is 1.74. The number of fused-ring (bicyclic) bond motifs is 1. The number of nitrogens with one attached hydrogen (secondary N) is 2. The Bertz CT molecular complexity index is 1060. The Kier molecular flexibility index (Phi) is 5.50. The third-order valence-electron chi connectivity index (χ3n) is 5.61. The minimum atomic E-state index is -0.802. The molecular weight excluding hydrogens is 403 g/mol. The zero-order valence-corrected chi connectivity index (χ0v) is 16.8. The summed E-state index contributed by atoms with van der Waals surface area (Å²) in [5.41, 5.74) is 0.813. The highest BCUT2D eigenvalue weighted by atomic mass is 19.1. The number of aliphatic imine (C=N–C) groups is 1. The molecule has 4 rings (SSSR count). The Morgan fingerprint density at radius 2 is 2.13 bits per heavy atom. The van der Waals surface area contributed by atoms with Crippen LogP contribution in [0.5, 0.6) is 0 Å². The Morgan fingerprint density at radius 3 is 2.87 bits per heavy atom. The standard InChI is InChI=1S/C22H21FN4O4/c1-12-25-16-7-3-5-14(11-24-20(29)13-4-2-6-15(23)10-13)19(16)22(31)27(12)17-8-9-18(28)26-21(17)30/h2-7,10,16-17,19H,8-9,11H2,1H3,(H,24,29)(H,26,28,30). The number of amidine groups is 1. The summed E-state index contributed by atoms with van der Waals surface area (Å²) in [6.07, 6.45) is 5.69. The van der Waals surface area contributed by atoms with Crippen LogP contribution in [0.1, 0.15) is 30.1 Å². The number of benzene rings is 1. The van der Waals surface area contributed by atoms with Gasteiger partial charge in [0.2, 0.25) is 17.7 Å². The first-order valence-corrected chi connectivity index (χ1v) is 9.97. The number of imide groups is 1. The Morgan fingerprint density at radius 1 is 1.32 bits per heavy atom. The summed E-state index contributed by atoms with van der Waals surface area (Å²) in [6, 6.07) is 4.09. The minimum absolute atomic E-state index is 0.0738. The molecule has 0 saturated carbocycles. The second kappa shape index (κ2) is 8.25. The van der Waals surface area contributed by atoms with E-state index < -0.39 is 35.6 Å². The first-order chi connectivity index (χ1) is 14.8. The van der Waals surface area contributed by atoms with Gasteiger partial charge in [-0.2, -0.15) is 0 Å². The number of nitrogens with zero attached hydrogens (tertiary/aromatic N) is 2. The molecule has 9 heteroatoms. The number of hydrogen-bond acceptors (Lipinski definition) is 5. The molecule has 3 atom stereocenters. The van der Waals surface area contributed by atoms with Gasteiger partial charge in [0.15, 0.2) is 0 Å². The van der Waals surface area contributed by atoms with Gasteiger partial charge in [-0.05, 0) is 37.1 Å². The molecule has 3 aliphatic rings. The molecule has 8 nitrogen and oxygen atoms in total. The van der Waals surface area contributed by atoms with Crippen LogP contribution in [0.2, 0.25) is 0 Å². The smallest absolute Gasteiger partial charge is 0.251 e. The minimum Gasteiger partial charge on any atom is -0.348 e. The lowest BCUT2D eigenvalue weighted by Crippen LogP contribution is -2.60. The molecule has 2 aliphatic heterocycles. The SMILES string of the molecule is CC1=NC2C=CC=C(CNC(=O)c3cccc(F)c3)C2C(=O)N1C1CCC(=O)NC1=O. The fourth-order valence-electron chi connectivity index (χ4n) is 4.13. The van der Waals surface area contributed by atoms with Gasteiger partial charge < -0.3 is 5.32 Å². The third-order valence-corrected chi connectivity index (χ3v) is 5.61. The van der Waals surface area contributed by atoms with E-state index in [4.69, 9.17) is 0 Å². The predicted octanol–water partition coefficient (Wildman–Crippen LogP) is 1.10. The van der Waals surface area contributed by atoms with Crippen LogP contribution in [0.3, 0.4) is 0 Å². The highest BCUT2D eigenvalue weighted by Crippen LogP contribution is 2.31. The van der Waals surface area contributed by atoms with Crippen molar-refractivity contribution in [2.45, 2.75) is 31.8 Å². The van der Waals surface area contributed by atoms with Gasteiger partial charge >= 0.3 is 0 Å². The molecule has 0 bridgehead atoms. The van der Waals surface area contributed by atoms with Gasteiger partial charge in [-0.25, -0.2) is 4.39 Å². The van der Waals surface area contributed by atoms with Crippen LogP contribution < -0.4 is 10.6 Å². The Balaban J connectivity index is 1.53. The van der Waals surface area contributed by atoms with Crippen LogP contribution in [0.15, 0.2) is 53.1 Å². The van der Waals surface area contributed by atoms with Gasteiger partial charge in [0.05, 0.1) is 12.0 Å². The largest absolute Gasteiger partial charge is 0.348 e. The zero-order chi connectivity index (χ0) is 22.1. The van der Waals surface area contributed by atoms with Crippen molar-refractivity contribution in [3.8, 4) is 0 Å². The Labute approximate surface area is 177 Å². The molecule has 0 aromatic heterocycles. The number of carbonyl (C=O) groups is 4. The molecule has 31 heavy (non-hydrogen) atoms. The lowest BCUT2D eigenvalue weighted by molar-refractivity contribution is -0.144. The summed E-state index contributed by atoms with van der Waals surface area (Å²) in [4.78, 5) is 55.6. The highest BCUT2D eigenvalue weighted by molar-refractivity contribution is 6.09. The van der Waals surface area contributed by atoms with E-state index in [1.807, 2.05) is 0 Å². The van der Waals surface area contributed by atoms with Gasteiger partial charge in [-0.1, -0.05) is 24.3 Å². The molecule has 3 unspecified atom stereocenters. The lowest BCUT2D eigenvalue weighted by atomic mass is 9.84. The average molecular weight is 424 g/mol. The van der Waals surface area contributed by atoms with Crippen LogP contribution >= 0.6 is 0 Å². The molecule has 0 spiro atoms. The molecule has 4 amide bonds. The molecule has 2 N–H and O–H groups in total. The van der Waals surface area contributed by atoms with E-state index in [2.05, 4.69) is 15.6 Å². The molecule has 1 saturated heterocycles. The summed E-state index contributed by atoms with van der Waals surface area (Å²) >= 11 is 0. The van der Waals surface area contributed by atoms with Crippen LogP contribution in [-0.4, -0.2) is 53.0 Å². The molecule has 1 aliphatic carbocycles. The maximum Gasteiger partial charge on any atom is 0.251 e. The summed E-state index contributed by atoms with van der Waals surface area (Å²) in [5, 5.41) is 4.99. The summed E-state index contributed by atoms with van der Waals surface area (Å²) < 4.78 is 13.4. The summed E-state index contributed by atoms with van der Waals surface area (Å²) in [5.74, 6) is -2.42. The van der Waals surface area contributed by atoms with Crippen LogP contribution in [-0.2, 0) is 14.4 Å². The van der Waals surface area contributed by atoms with E-state index >= 15 is 0 Å². The van der Waals surface area contributed by atoms with E-state index in [0.717, 1.165) is 6.07 Å². The fraction of sp³-hybridized carbons (Fsp3) is 0.318. The van der Waals surface area contributed by atoms with Crippen molar-refractivity contribution in [2.24, 2.45) is 10.9 Å². The van der Waals surface area contributed by atoms with Crippen molar-refractivity contribution in [3.63, 3.8) is 0 Å². The van der Waals surface area contributed by atoms with Crippen molar-refractivity contribution in [3.05, 3.63) is 59.4 Å². The number of hydrogen-bond donors (Lipinski definition) is 2. The van der Waals surface area contributed by atoms with E-state index in [9.17, 15) is 23.6 Å². The maximum absolute atomic E-state index is 13.4. The quantitative estimate of drug-likeness (QED) is 0.706. The van der Waals surface area contributed by atoms with Crippen molar-refractivity contribution >= 4 is 29.5 Å². The second-order valence-electron chi connectivity index (χ2n) is 7.64. The molecular formula is C22H21FN4O4. The average Bonchev–Trinajstić information content (AvgIpc) is 2.73. The Hall–Kier alpha value is -3.62. The molecule has 160 valence electrons. The fourth-order valence-corrected chi connectivity index (χ4v) is 4.13. The van der Waals surface area contributed by atoms with E-state index in [1.165, 1.54) is 23.1 Å². The van der Waals surface area contributed by atoms with E-state index in [1.54, 1.807) is 25.2 Å². The highest BCUT2D eigenvalue weighted by Gasteiger charge is 2.44. The summed E-state index contributed by atoms with van der Waals surface area (Å²) in [7, 11) is 0. The number of rotatable bonds is 4. The van der Waals surface area contributed by atoms with E-state index in [0.29, 0.717) is 11.4 Å². The number of halogens is 1. The molecule has 1 aromatic carbocycles. The third kappa shape index (κ3) is 4.03. The molecule has 2 heterocycles. The van der Waals surface area contributed by atoms with Crippen molar-refractivity contribution in [1.82, 2.24) is 15.5 Å². The lowest BCUT2D eigenvalue weighted by Gasteiger charge is -2.41. The normalized spacial score (nSPS) is 25.4. The van der Waals surface area contributed by atoms with Crippen LogP contribution in [0.4, 0.5) is 4.39 Å². The maximum atomic E-state index is 13.4. The number of allylic oxidation sites excluding steroid dienone is 2. The van der Waals surface area contributed by atoms with Crippen molar-refractivity contribution < 1.29 is 23.6 Å². The number of carbonyl (C=O) groups excluding carboxylic acids is 4. The topological polar surface area (TPSA) is 108 Å². The van der Waals surface area contributed by atoms with Gasteiger partial charge in [-0.15, -0.1) is 0 Å². The predicted molar refractivity (Wildman–Crippen MR) is 109 cm³/mol. The molecule has 1 fully saturated rings. The monoisotopic (exact) mass is 424 g/mol. The van der Waals surface area contributed by atoms with Crippen molar-refractivity contribution in [1.29, 1.82) is 0 Å². The van der Waals surface area contributed by atoms with Gasteiger partial charge in [0, 0.05) is 18.5 Å². The van der Waals surface area contributed by atoms with Crippen LogP contribution in [0, 0.1) is 11.7 Å².